The fourth-order valence-corrected chi connectivity index (χ4v) is 2.56. The van der Waals surface area contributed by atoms with Gasteiger partial charge in [0.1, 0.15) is 5.82 Å². The number of piperidine rings is 1. The maximum Gasteiger partial charge on any atom is 0.205 e. The lowest BCUT2D eigenvalue weighted by Gasteiger charge is -2.29. The van der Waals surface area contributed by atoms with Gasteiger partial charge in [-0.2, -0.15) is 4.37 Å². The number of aromatic nitrogens is 2. The Balaban J connectivity index is 2.08. The van der Waals surface area contributed by atoms with Crippen LogP contribution in [0.2, 0.25) is 0 Å². The number of rotatable bonds is 2. The van der Waals surface area contributed by atoms with Gasteiger partial charge in [-0.1, -0.05) is 13.8 Å². The number of anilines is 1. The van der Waals surface area contributed by atoms with Gasteiger partial charge in [-0.3, -0.25) is 0 Å². The highest BCUT2D eigenvalue weighted by atomic mass is 32.1. The van der Waals surface area contributed by atoms with Crippen molar-refractivity contribution in [3.63, 3.8) is 0 Å². The van der Waals surface area contributed by atoms with E-state index in [0.29, 0.717) is 12.5 Å². The maximum absolute atomic E-state index is 9.57. The summed E-state index contributed by atoms with van der Waals surface area (Å²) in [6.45, 7) is 5.88. The van der Waals surface area contributed by atoms with Crippen LogP contribution in [0, 0.1) is 0 Å². The van der Waals surface area contributed by atoms with Gasteiger partial charge in [0.05, 0.1) is 6.10 Å². The molecule has 1 aliphatic rings. The standard InChI is InChI=1S/C10H17N3OS/c1-7(2)9-11-10(15-12-9)13-5-3-4-8(14)6-13/h7-8,14H,3-6H2,1-2H3. The quantitative estimate of drug-likeness (QED) is 0.834. The predicted octanol–water partition coefficient (Wildman–Crippen LogP) is 1.62. The van der Waals surface area contributed by atoms with Gasteiger partial charge in [-0.15, -0.1) is 0 Å². The zero-order valence-corrected chi connectivity index (χ0v) is 10.00. The number of aliphatic hydroxyl groups is 1. The van der Waals surface area contributed by atoms with Crippen LogP contribution >= 0.6 is 11.5 Å². The van der Waals surface area contributed by atoms with Crippen molar-refractivity contribution in [2.75, 3.05) is 18.0 Å². The van der Waals surface area contributed by atoms with E-state index in [9.17, 15) is 5.11 Å². The molecule has 0 aromatic carbocycles. The molecule has 0 spiro atoms. The third-order valence-electron chi connectivity index (χ3n) is 2.61. The smallest absolute Gasteiger partial charge is 0.205 e. The van der Waals surface area contributed by atoms with Crippen LogP contribution in [-0.2, 0) is 0 Å². The molecule has 2 heterocycles. The van der Waals surface area contributed by atoms with Gasteiger partial charge < -0.3 is 10.0 Å². The Morgan fingerprint density at radius 3 is 2.93 bits per heavy atom. The van der Waals surface area contributed by atoms with E-state index in [4.69, 9.17) is 0 Å². The number of hydrogen-bond acceptors (Lipinski definition) is 5. The van der Waals surface area contributed by atoms with Gasteiger partial charge in [0, 0.05) is 30.5 Å². The van der Waals surface area contributed by atoms with Crippen molar-refractivity contribution in [1.29, 1.82) is 0 Å². The summed E-state index contributed by atoms with van der Waals surface area (Å²) in [5, 5.41) is 10.5. The summed E-state index contributed by atoms with van der Waals surface area (Å²) >= 11 is 1.44. The Kier molecular flexibility index (Phi) is 3.21. The molecule has 0 aliphatic carbocycles. The minimum atomic E-state index is -0.204. The summed E-state index contributed by atoms with van der Waals surface area (Å²) in [6.07, 6.45) is 1.74. The molecular weight excluding hydrogens is 210 g/mol. The summed E-state index contributed by atoms with van der Waals surface area (Å²) in [7, 11) is 0. The van der Waals surface area contributed by atoms with Crippen molar-refractivity contribution in [2.45, 2.75) is 38.7 Å². The Labute approximate surface area is 94.1 Å². The SMILES string of the molecule is CC(C)c1nsc(N2CCCC(O)C2)n1. The number of β-amino-alcohol motifs (C(OH)–C–C–N with tert-alkyl or cyclic N) is 1. The van der Waals surface area contributed by atoms with Crippen LogP contribution < -0.4 is 4.90 Å². The second-order valence-electron chi connectivity index (χ2n) is 4.33. The molecule has 1 fully saturated rings. The average Bonchev–Trinajstić information content (AvgIpc) is 2.66. The van der Waals surface area contributed by atoms with Crippen LogP contribution in [-0.4, -0.2) is 33.7 Å². The largest absolute Gasteiger partial charge is 0.391 e. The predicted molar refractivity (Wildman–Crippen MR) is 61.5 cm³/mol. The third kappa shape index (κ3) is 2.46. The lowest BCUT2D eigenvalue weighted by molar-refractivity contribution is 0.154. The number of hydrogen-bond donors (Lipinski definition) is 1. The minimum absolute atomic E-state index is 0.204. The Hall–Kier alpha value is -0.680. The first-order valence-corrected chi connectivity index (χ1v) is 6.21. The van der Waals surface area contributed by atoms with Crippen LogP contribution in [0.3, 0.4) is 0 Å². The van der Waals surface area contributed by atoms with Crippen LogP contribution in [0.15, 0.2) is 0 Å². The topological polar surface area (TPSA) is 49.2 Å². The van der Waals surface area contributed by atoms with E-state index in [1.165, 1.54) is 11.5 Å². The van der Waals surface area contributed by atoms with Crippen molar-refractivity contribution >= 4 is 16.7 Å². The summed E-state index contributed by atoms with van der Waals surface area (Å²) in [5.41, 5.74) is 0. The molecule has 4 nitrogen and oxygen atoms in total. The molecule has 1 aromatic rings. The first kappa shape index (κ1) is 10.8. The van der Waals surface area contributed by atoms with Crippen molar-refractivity contribution in [3.05, 3.63) is 5.82 Å². The molecule has 1 unspecified atom stereocenters. The monoisotopic (exact) mass is 227 g/mol. The third-order valence-corrected chi connectivity index (χ3v) is 3.41. The van der Waals surface area contributed by atoms with Gasteiger partial charge in [-0.25, -0.2) is 4.98 Å². The highest BCUT2D eigenvalue weighted by Gasteiger charge is 2.21. The van der Waals surface area contributed by atoms with Crippen molar-refractivity contribution in [2.24, 2.45) is 0 Å². The van der Waals surface area contributed by atoms with Crippen molar-refractivity contribution < 1.29 is 5.11 Å². The van der Waals surface area contributed by atoms with E-state index >= 15 is 0 Å². The van der Waals surface area contributed by atoms with E-state index in [2.05, 4.69) is 28.1 Å². The first-order chi connectivity index (χ1) is 7.16. The lowest BCUT2D eigenvalue weighted by Crippen LogP contribution is -2.38. The molecule has 15 heavy (non-hydrogen) atoms. The minimum Gasteiger partial charge on any atom is -0.391 e. The summed E-state index contributed by atoms with van der Waals surface area (Å²) in [5.74, 6) is 1.29. The van der Waals surface area contributed by atoms with Crippen LogP contribution in [0.25, 0.3) is 0 Å². The van der Waals surface area contributed by atoms with Gasteiger partial charge in [-0.05, 0) is 12.8 Å². The van der Waals surface area contributed by atoms with E-state index in [-0.39, 0.29) is 6.10 Å². The lowest BCUT2D eigenvalue weighted by atomic mass is 10.1. The molecule has 1 aliphatic heterocycles. The Bertz CT molecular complexity index is 326. The molecule has 1 aromatic heterocycles. The zero-order valence-electron chi connectivity index (χ0n) is 9.18. The fraction of sp³-hybridized carbons (Fsp3) is 0.800. The van der Waals surface area contributed by atoms with E-state index in [0.717, 1.165) is 30.3 Å². The molecule has 0 radical (unpaired) electrons. The van der Waals surface area contributed by atoms with E-state index in [1.54, 1.807) is 0 Å². The maximum atomic E-state index is 9.57. The van der Waals surface area contributed by atoms with Gasteiger partial charge >= 0.3 is 0 Å². The van der Waals surface area contributed by atoms with Crippen molar-refractivity contribution in [3.8, 4) is 0 Å². The first-order valence-electron chi connectivity index (χ1n) is 5.43. The average molecular weight is 227 g/mol. The normalized spacial score (nSPS) is 22.4. The molecule has 0 saturated carbocycles. The van der Waals surface area contributed by atoms with Gasteiger partial charge in [0.15, 0.2) is 0 Å². The molecular formula is C10H17N3OS. The molecule has 0 bridgehead atoms. The molecule has 1 N–H and O–H groups in total. The van der Waals surface area contributed by atoms with Crippen LogP contribution in [0.1, 0.15) is 38.4 Å². The van der Waals surface area contributed by atoms with Crippen LogP contribution in [0.4, 0.5) is 5.13 Å². The Morgan fingerprint density at radius 2 is 2.33 bits per heavy atom. The van der Waals surface area contributed by atoms with Gasteiger partial charge in [0.25, 0.3) is 0 Å². The Morgan fingerprint density at radius 1 is 1.53 bits per heavy atom. The van der Waals surface area contributed by atoms with E-state index < -0.39 is 0 Å². The summed E-state index contributed by atoms with van der Waals surface area (Å²) in [4.78, 5) is 6.63. The second-order valence-corrected chi connectivity index (χ2v) is 5.06. The van der Waals surface area contributed by atoms with E-state index in [1.807, 2.05) is 0 Å². The highest BCUT2D eigenvalue weighted by molar-refractivity contribution is 7.09. The van der Waals surface area contributed by atoms with Crippen molar-refractivity contribution in [1.82, 2.24) is 9.36 Å². The molecule has 84 valence electrons. The number of nitrogens with zero attached hydrogens (tertiary/aromatic N) is 3. The highest BCUT2D eigenvalue weighted by Crippen LogP contribution is 2.24. The number of aliphatic hydroxyl groups excluding tert-OH is 1. The molecule has 5 heteroatoms. The molecule has 1 saturated heterocycles. The fourth-order valence-electron chi connectivity index (χ4n) is 1.72. The summed E-state index contributed by atoms with van der Waals surface area (Å²) in [6, 6.07) is 0. The second kappa shape index (κ2) is 4.45. The van der Waals surface area contributed by atoms with Gasteiger partial charge in [0.2, 0.25) is 5.13 Å². The molecule has 2 rings (SSSR count). The molecule has 0 amide bonds. The molecule has 1 atom stereocenters. The zero-order chi connectivity index (χ0) is 10.8. The van der Waals surface area contributed by atoms with Crippen LogP contribution in [0.5, 0.6) is 0 Å². The summed E-state index contributed by atoms with van der Waals surface area (Å²) < 4.78 is 4.32.